The van der Waals surface area contributed by atoms with E-state index in [4.69, 9.17) is 0 Å². The van der Waals surface area contributed by atoms with Crippen LogP contribution in [0.25, 0.3) is 0 Å². The number of hydrogen-bond acceptors (Lipinski definition) is 2. The Balaban J connectivity index is 0.000000222. The number of aryl methyl sites for hydroxylation is 1. The van der Waals surface area contributed by atoms with Crippen LogP contribution in [0.5, 0.6) is 0 Å². The molecule has 0 aliphatic heterocycles. The Morgan fingerprint density at radius 2 is 2.25 bits per heavy atom. The van der Waals surface area contributed by atoms with Crippen LogP contribution >= 0.6 is 0 Å². The van der Waals surface area contributed by atoms with Crippen LogP contribution in [0.2, 0.25) is 0 Å². The van der Waals surface area contributed by atoms with Crippen molar-refractivity contribution >= 4 is 0 Å². The summed E-state index contributed by atoms with van der Waals surface area (Å²) >= 11 is 0. The first-order valence-corrected chi connectivity index (χ1v) is 2.24. The predicted molar refractivity (Wildman–Crippen MR) is 32.5 cm³/mol. The first-order chi connectivity index (χ1) is 3.89. The average Bonchev–Trinajstić information content (AvgIpc) is 2.24. The number of aromatic nitrogens is 1. The SMILES string of the molecule is C=C.Cc1cocn1. The summed E-state index contributed by atoms with van der Waals surface area (Å²) in [5.41, 5.74) is 0.926. The molecule has 0 aliphatic rings. The molecule has 0 bridgehead atoms. The molecule has 1 aromatic rings. The zero-order chi connectivity index (χ0) is 6.41. The van der Waals surface area contributed by atoms with Gasteiger partial charge in [0.1, 0.15) is 6.26 Å². The Hall–Kier alpha value is -1.05. The van der Waals surface area contributed by atoms with Gasteiger partial charge in [0.25, 0.3) is 0 Å². The molecule has 1 heterocycles. The molecule has 0 saturated carbocycles. The van der Waals surface area contributed by atoms with Gasteiger partial charge in [0, 0.05) is 0 Å². The van der Waals surface area contributed by atoms with Crippen molar-refractivity contribution in [2.24, 2.45) is 0 Å². The van der Waals surface area contributed by atoms with Crippen molar-refractivity contribution in [2.45, 2.75) is 6.92 Å². The third-order valence-electron chi connectivity index (χ3n) is 0.556. The summed E-state index contributed by atoms with van der Waals surface area (Å²) in [5, 5.41) is 0. The van der Waals surface area contributed by atoms with E-state index in [-0.39, 0.29) is 0 Å². The van der Waals surface area contributed by atoms with Crippen molar-refractivity contribution in [2.75, 3.05) is 0 Å². The molecule has 0 fully saturated rings. The van der Waals surface area contributed by atoms with Gasteiger partial charge < -0.3 is 4.42 Å². The second kappa shape index (κ2) is 4.12. The fraction of sp³-hybridized carbons (Fsp3) is 0.167. The molecular formula is C6H9NO. The highest BCUT2D eigenvalue weighted by Crippen LogP contribution is 1.86. The summed E-state index contributed by atoms with van der Waals surface area (Å²) in [6.07, 6.45) is 3.01. The molecule has 0 radical (unpaired) electrons. The minimum Gasteiger partial charge on any atom is -0.452 e. The molecule has 8 heavy (non-hydrogen) atoms. The van der Waals surface area contributed by atoms with Crippen molar-refractivity contribution in [3.05, 3.63) is 31.5 Å². The Bertz CT molecular complexity index is 123. The zero-order valence-electron chi connectivity index (χ0n) is 4.92. The van der Waals surface area contributed by atoms with Crippen LogP contribution in [0.3, 0.4) is 0 Å². The van der Waals surface area contributed by atoms with Crippen LogP contribution < -0.4 is 0 Å². The fourth-order valence-electron chi connectivity index (χ4n) is 0.273. The highest BCUT2D eigenvalue weighted by molar-refractivity contribution is 4.83. The molecular weight excluding hydrogens is 102 g/mol. The van der Waals surface area contributed by atoms with Gasteiger partial charge in [-0.25, -0.2) is 4.98 Å². The minimum atomic E-state index is 0.926. The van der Waals surface area contributed by atoms with E-state index in [0.717, 1.165) is 5.69 Å². The molecule has 0 unspecified atom stereocenters. The summed E-state index contributed by atoms with van der Waals surface area (Å²) in [6, 6.07) is 0. The van der Waals surface area contributed by atoms with Gasteiger partial charge in [-0.1, -0.05) is 0 Å². The summed E-state index contributed by atoms with van der Waals surface area (Å²) in [6.45, 7) is 7.88. The topological polar surface area (TPSA) is 26.0 Å². The zero-order valence-corrected chi connectivity index (χ0v) is 4.92. The van der Waals surface area contributed by atoms with Crippen molar-refractivity contribution in [3.8, 4) is 0 Å². The first-order valence-electron chi connectivity index (χ1n) is 2.24. The van der Waals surface area contributed by atoms with Crippen LogP contribution in [0.4, 0.5) is 0 Å². The molecule has 1 rings (SSSR count). The molecule has 2 heteroatoms. The lowest BCUT2D eigenvalue weighted by atomic mass is 10.6. The molecule has 1 aromatic heterocycles. The van der Waals surface area contributed by atoms with Crippen molar-refractivity contribution in [1.82, 2.24) is 4.98 Å². The van der Waals surface area contributed by atoms with Gasteiger partial charge in [0.15, 0.2) is 6.39 Å². The molecule has 0 aliphatic carbocycles. The summed E-state index contributed by atoms with van der Waals surface area (Å²) in [5.74, 6) is 0. The molecule has 44 valence electrons. The standard InChI is InChI=1S/C4H5NO.C2H4/c1-4-2-6-3-5-4;1-2/h2-3H,1H3;1-2H2. The van der Waals surface area contributed by atoms with Crippen LogP contribution in [0, 0.1) is 6.92 Å². The van der Waals surface area contributed by atoms with Gasteiger partial charge in [0.05, 0.1) is 5.69 Å². The Morgan fingerprint density at radius 1 is 1.62 bits per heavy atom. The maximum atomic E-state index is 4.60. The van der Waals surface area contributed by atoms with Crippen molar-refractivity contribution in [3.63, 3.8) is 0 Å². The third-order valence-corrected chi connectivity index (χ3v) is 0.556. The third kappa shape index (κ3) is 2.18. The van der Waals surface area contributed by atoms with Gasteiger partial charge in [-0.2, -0.15) is 0 Å². The van der Waals surface area contributed by atoms with Crippen LogP contribution in [0.1, 0.15) is 5.69 Å². The van der Waals surface area contributed by atoms with E-state index >= 15 is 0 Å². The number of rotatable bonds is 0. The quantitative estimate of drug-likeness (QED) is 0.477. The minimum absolute atomic E-state index is 0.926. The van der Waals surface area contributed by atoms with Crippen LogP contribution in [0.15, 0.2) is 30.2 Å². The normalized spacial score (nSPS) is 7.12. The van der Waals surface area contributed by atoms with Crippen molar-refractivity contribution < 1.29 is 4.42 Å². The lowest BCUT2D eigenvalue weighted by Gasteiger charge is -1.62. The lowest BCUT2D eigenvalue weighted by Crippen LogP contribution is -1.59. The average molecular weight is 111 g/mol. The van der Waals surface area contributed by atoms with E-state index in [9.17, 15) is 0 Å². The molecule has 0 N–H and O–H groups in total. The molecule has 2 nitrogen and oxygen atoms in total. The van der Waals surface area contributed by atoms with E-state index < -0.39 is 0 Å². The lowest BCUT2D eigenvalue weighted by molar-refractivity contribution is 0.557. The molecule has 0 saturated heterocycles. The monoisotopic (exact) mass is 111 g/mol. The van der Waals surface area contributed by atoms with E-state index in [1.165, 1.54) is 6.39 Å². The first kappa shape index (κ1) is 6.95. The van der Waals surface area contributed by atoms with Gasteiger partial charge in [0.2, 0.25) is 0 Å². The van der Waals surface area contributed by atoms with Gasteiger partial charge in [-0.15, -0.1) is 13.2 Å². The van der Waals surface area contributed by atoms with Gasteiger partial charge in [-0.05, 0) is 6.92 Å². The van der Waals surface area contributed by atoms with Crippen molar-refractivity contribution in [1.29, 1.82) is 0 Å². The maximum absolute atomic E-state index is 4.60. The van der Waals surface area contributed by atoms with Gasteiger partial charge in [-0.3, -0.25) is 0 Å². The summed E-state index contributed by atoms with van der Waals surface area (Å²) in [7, 11) is 0. The number of nitrogens with zero attached hydrogens (tertiary/aromatic N) is 1. The van der Waals surface area contributed by atoms with Gasteiger partial charge >= 0.3 is 0 Å². The maximum Gasteiger partial charge on any atom is 0.180 e. The van der Waals surface area contributed by atoms with Crippen LogP contribution in [-0.2, 0) is 0 Å². The summed E-state index contributed by atoms with van der Waals surface area (Å²) < 4.78 is 4.60. The molecule has 0 amide bonds. The number of hydrogen-bond donors (Lipinski definition) is 0. The fourth-order valence-corrected chi connectivity index (χ4v) is 0.273. The second-order valence-corrected chi connectivity index (χ2v) is 1.13. The molecule has 0 spiro atoms. The Morgan fingerprint density at radius 3 is 2.38 bits per heavy atom. The van der Waals surface area contributed by atoms with E-state index in [0.29, 0.717) is 0 Å². The highest BCUT2D eigenvalue weighted by Gasteiger charge is 1.77. The molecule has 0 aromatic carbocycles. The Kier molecular flexibility index (Phi) is 3.58. The predicted octanol–water partition coefficient (Wildman–Crippen LogP) is 1.79. The van der Waals surface area contributed by atoms with Crippen LogP contribution in [-0.4, -0.2) is 4.98 Å². The number of oxazole rings is 1. The largest absolute Gasteiger partial charge is 0.452 e. The second-order valence-electron chi connectivity index (χ2n) is 1.13. The molecule has 0 atom stereocenters. The Labute approximate surface area is 48.9 Å². The highest BCUT2D eigenvalue weighted by atomic mass is 16.3. The smallest absolute Gasteiger partial charge is 0.180 e. The van der Waals surface area contributed by atoms with E-state index in [1.54, 1.807) is 6.26 Å². The summed E-state index contributed by atoms with van der Waals surface area (Å²) in [4.78, 5) is 3.75. The van der Waals surface area contributed by atoms with E-state index in [2.05, 4.69) is 22.6 Å². The van der Waals surface area contributed by atoms with E-state index in [1.807, 2.05) is 6.92 Å².